The van der Waals surface area contributed by atoms with Crippen molar-refractivity contribution < 1.29 is 14.3 Å². The zero-order valence-electron chi connectivity index (χ0n) is 10.3. The molecule has 1 atom stereocenters. The fourth-order valence-corrected chi connectivity index (χ4v) is 2.96. The molecule has 5 nitrogen and oxygen atoms in total. The number of carbonyl (C=O) groups excluding carboxylic acids is 2. The Labute approximate surface area is 110 Å². The molecule has 0 saturated carbocycles. The van der Waals surface area contributed by atoms with Gasteiger partial charge in [0.2, 0.25) is 5.91 Å². The summed E-state index contributed by atoms with van der Waals surface area (Å²) in [7, 11) is 1.33. The van der Waals surface area contributed by atoms with Gasteiger partial charge in [0.1, 0.15) is 5.01 Å². The molecule has 1 saturated heterocycles. The van der Waals surface area contributed by atoms with E-state index >= 15 is 0 Å². The van der Waals surface area contributed by atoms with Crippen molar-refractivity contribution in [2.24, 2.45) is 0 Å². The van der Waals surface area contributed by atoms with Crippen molar-refractivity contribution >= 4 is 23.2 Å². The Morgan fingerprint density at radius 1 is 1.56 bits per heavy atom. The average molecular weight is 268 g/mol. The number of ether oxygens (including phenoxy) is 1. The highest BCUT2D eigenvalue weighted by Crippen LogP contribution is 2.33. The van der Waals surface area contributed by atoms with Crippen LogP contribution in [0.1, 0.15) is 36.7 Å². The van der Waals surface area contributed by atoms with Crippen molar-refractivity contribution in [3.05, 3.63) is 16.6 Å². The normalized spacial score (nSPS) is 18.9. The topological polar surface area (TPSA) is 59.5 Å². The molecule has 1 unspecified atom stereocenters. The Balaban J connectivity index is 1.95. The first-order valence-electron chi connectivity index (χ1n) is 5.98. The summed E-state index contributed by atoms with van der Waals surface area (Å²) in [5.41, 5.74) is 0. The Morgan fingerprint density at radius 2 is 2.39 bits per heavy atom. The summed E-state index contributed by atoms with van der Waals surface area (Å²) in [6, 6.07) is 0.0927. The Hall–Kier alpha value is -1.43. The fraction of sp³-hybridized carbons (Fsp3) is 0.583. The molecule has 1 amide bonds. The minimum Gasteiger partial charge on any atom is -0.469 e. The molecule has 1 aliphatic rings. The largest absolute Gasteiger partial charge is 0.469 e. The van der Waals surface area contributed by atoms with Crippen LogP contribution < -0.4 is 0 Å². The first-order chi connectivity index (χ1) is 8.72. The van der Waals surface area contributed by atoms with E-state index in [1.54, 1.807) is 17.5 Å². The summed E-state index contributed by atoms with van der Waals surface area (Å²) < 4.78 is 4.54. The van der Waals surface area contributed by atoms with Gasteiger partial charge >= 0.3 is 5.97 Å². The molecule has 1 aliphatic heterocycles. The minimum absolute atomic E-state index is 0.0121. The first kappa shape index (κ1) is 13.0. The number of nitrogens with zero attached hydrogens (tertiary/aromatic N) is 2. The van der Waals surface area contributed by atoms with Crippen LogP contribution in [0.5, 0.6) is 0 Å². The van der Waals surface area contributed by atoms with Crippen LogP contribution in [0.25, 0.3) is 0 Å². The van der Waals surface area contributed by atoms with Gasteiger partial charge in [-0.05, 0) is 12.8 Å². The number of esters is 1. The number of carbonyl (C=O) groups is 2. The smallest absolute Gasteiger partial charge is 0.306 e. The lowest BCUT2D eigenvalue weighted by molar-refractivity contribution is -0.143. The van der Waals surface area contributed by atoms with Crippen molar-refractivity contribution in [1.82, 2.24) is 9.88 Å². The van der Waals surface area contributed by atoms with E-state index < -0.39 is 0 Å². The van der Waals surface area contributed by atoms with Gasteiger partial charge in [-0.2, -0.15) is 0 Å². The number of likely N-dealkylation sites (tertiary alicyclic amines) is 1. The van der Waals surface area contributed by atoms with Crippen LogP contribution in [0.2, 0.25) is 0 Å². The van der Waals surface area contributed by atoms with E-state index in [0.29, 0.717) is 0 Å². The average Bonchev–Trinajstić information content (AvgIpc) is 3.04. The molecule has 0 aliphatic carbocycles. The van der Waals surface area contributed by atoms with E-state index in [4.69, 9.17) is 0 Å². The summed E-state index contributed by atoms with van der Waals surface area (Å²) in [5.74, 6) is -0.327. The van der Waals surface area contributed by atoms with Crippen LogP contribution in [0, 0.1) is 0 Å². The maximum atomic E-state index is 12.1. The summed E-state index contributed by atoms with van der Waals surface area (Å²) >= 11 is 1.57. The third kappa shape index (κ3) is 2.87. The lowest BCUT2D eigenvalue weighted by Crippen LogP contribution is -2.30. The highest BCUT2D eigenvalue weighted by atomic mass is 32.1. The van der Waals surface area contributed by atoms with Crippen molar-refractivity contribution in [3.8, 4) is 0 Å². The highest BCUT2D eigenvalue weighted by molar-refractivity contribution is 7.09. The molecule has 98 valence electrons. The van der Waals surface area contributed by atoms with Crippen LogP contribution >= 0.6 is 11.3 Å². The van der Waals surface area contributed by atoms with Gasteiger partial charge in [-0.3, -0.25) is 9.59 Å². The van der Waals surface area contributed by atoms with Gasteiger partial charge in [0.05, 0.1) is 19.6 Å². The second-order valence-electron chi connectivity index (χ2n) is 4.19. The van der Waals surface area contributed by atoms with Crippen molar-refractivity contribution in [3.63, 3.8) is 0 Å². The van der Waals surface area contributed by atoms with E-state index in [2.05, 4.69) is 9.72 Å². The zero-order valence-corrected chi connectivity index (χ0v) is 11.1. The number of rotatable bonds is 4. The molecular weight excluding hydrogens is 252 g/mol. The summed E-state index contributed by atoms with van der Waals surface area (Å²) in [5, 5.41) is 2.91. The predicted molar refractivity (Wildman–Crippen MR) is 67.1 cm³/mol. The molecule has 0 N–H and O–H groups in total. The summed E-state index contributed by atoms with van der Waals surface area (Å²) in [6.07, 6.45) is 4.08. The molecule has 0 radical (unpaired) electrons. The Morgan fingerprint density at radius 3 is 3.06 bits per heavy atom. The molecule has 18 heavy (non-hydrogen) atoms. The number of amides is 1. The third-order valence-corrected chi connectivity index (χ3v) is 3.96. The Kier molecular flexibility index (Phi) is 4.30. The Bertz CT molecular complexity index is 419. The van der Waals surface area contributed by atoms with Gasteiger partial charge in [0.25, 0.3) is 0 Å². The summed E-state index contributed by atoms with van der Waals surface area (Å²) in [6.45, 7) is 0.754. The van der Waals surface area contributed by atoms with E-state index in [1.165, 1.54) is 7.11 Å². The fourth-order valence-electron chi connectivity index (χ4n) is 2.18. The molecule has 1 fully saturated rings. The second kappa shape index (κ2) is 5.95. The van der Waals surface area contributed by atoms with Gasteiger partial charge in [0.15, 0.2) is 0 Å². The lowest BCUT2D eigenvalue weighted by Gasteiger charge is -2.22. The number of hydrogen-bond acceptors (Lipinski definition) is 5. The van der Waals surface area contributed by atoms with Crippen molar-refractivity contribution in [1.29, 1.82) is 0 Å². The third-order valence-electron chi connectivity index (χ3n) is 3.08. The van der Waals surface area contributed by atoms with Crippen LogP contribution in [0.4, 0.5) is 0 Å². The maximum Gasteiger partial charge on any atom is 0.306 e. The van der Waals surface area contributed by atoms with Crippen molar-refractivity contribution in [2.75, 3.05) is 13.7 Å². The van der Waals surface area contributed by atoms with Crippen LogP contribution in [0.15, 0.2) is 11.6 Å². The SMILES string of the molecule is COC(=O)CCC(=O)N1CCCC1c1nccs1. The second-order valence-corrected chi connectivity index (χ2v) is 5.12. The van der Waals surface area contributed by atoms with Gasteiger partial charge in [-0.1, -0.05) is 0 Å². The van der Waals surface area contributed by atoms with Crippen molar-refractivity contribution in [2.45, 2.75) is 31.7 Å². The van der Waals surface area contributed by atoms with Gasteiger partial charge in [-0.25, -0.2) is 4.98 Å². The lowest BCUT2D eigenvalue weighted by atomic mass is 10.2. The highest BCUT2D eigenvalue weighted by Gasteiger charge is 2.31. The van der Waals surface area contributed by atoms with E-state index in [-0.39, 0.29) is 30.8 Å². The molecule has 1 aromatic rings. The molecule has 6 heteroatoms. The van der Waals surface area contributed by atoms with Gasteiger partial charge in [0, 0.05) is 24.5 Å². The van der Waals surface area contributed by atoms with E-state index in [0.717, 1.165) is 24.4 Å². The first-order valence-corrected chi connectivity index (χ1v) is 6.86. The maximum absolute atomic E-state index is 12.1. The quantitative estimate of drug-likeness (QED) is 0.781. The summed E-state index contributed by atoms with van der Waals surface area (Å²) in [4.78, 5) is 29.2. The van der Waals surface area contributed by atoms with Crippen LogP contribution in [0.3, 0.4) is 0 Å². The number of thiazole rings is 1. The number of hydrogen-bond donors (Lipinski definition) is 0. The molecule has 1 aromatic heterocycles. The van der Waals surface area contributed by atoms with E-state index in [1.807, 2.05) is 10.3 Å². The van der Waals surface area contributed by atoms with E-state index in [9.17, 15) is 9.59 Å². The molecule has 0 bridgehead atoms. The van der Waals surface area contributed by atoms with Crippen LogP contribution in [-0.2, 0) is 14.3 Å². The van der Waals surface area contributed by atoms with Gasteiger partial charge in [-0.15, -0.1) is 11.3 Å². The molecule has 2 rings (SSSR count). The minimum atomic E-state index is -0.339. The standard InChI is InChI=1S/C12H16N2O3S/c1-17-11(16)5-4-10(15)14-7-2-3-9(14)12-13-6-8-18-12/h6,8-9H,2-5,7H2,1H3. The molecule has 2 heterocycles. The number of methoxy groups -OCH3 is 1. The predicted octanol–water partition coefficient (Wildman–Crippen LogP) is 1.76. The zero-order chi connectivity index (χ0) is 13.0. The van der Waals surface area contributed by atoms with Gasteiger partial charge < -0.3 is 9.64 Å². The molecule has 0 spiro atoms. The number of aromatic nitrogens is 1. The molecular formula is C12H16N2O3S. The van der Waals surface area contributed by atoms with Crippen LogP contribution in [-0.4, -0.2) is 35.4 Å². The monoisotopic (exact) mass is 268 g/mol. The molecule has 0 aromatic carbocycles.